The molecule has 24 heavy (non-hydrogen) atoms. The van der Waals surface area contributed by atoms with Gasteiger partial charge >= 0.3 is 0 Å². The van der Waals surface area contributed by atoms with E-state index in [1.165, 1.54) is 0 Å². The predicted octanol–water partition coefficient (Wildman–Crippen LogP) is 0.791. The first-order valence-corrected chi connectivity index (χ1v) is 7.87. The normalized spacial score (nSPS) is 15.2. The van der Waals surface area contributed by atoms with Crippen LogP contribution in [0.4, 0.5) is 0 Å². The number of aryl methyl sites for hydroxylation is 1. The van der Waals surface area contributed by atoms with E-state index in [4.69, 9.17) is 0 Å². The van der Waals surface area contributed by atoms with Gasteiger partial charge in [-0.25, -0.2) is 5.43 Å². The number of nitrogens with zero attached hydrogens (tertiary/aromatic N) is 3. The minimum atomic E-state index is -0.304. The Morgan fingerprint density at radius 3 is 2.38 bits per heavy atom. The zero-order valence-electron chi connectivity index (χ0n) is 14.0. The Hall–Kier alpha value is -2.70. The molecule has 0 bridgehead atoms. The molecule has 0 radical (unpaired) electrons. The van der Waals surface area contributed by atoms with Gasteiger partial charge in [0.05, 0.1) is 6.42 Å². The van der Waals surface area contributed by atoms with Crippen LogP contribution in [-0.2, 0) is 9.59 Å². The van der Waals surface area contributed by atoms with E-state index in [1.807, 2.05) is 19.1 Å². The van der Waals surface area contributed by atoms with E-state index in [2.05, 4.69) is 10.5 Å². The number of hydrogen-bond donors (Lipinski definition) is 1. The van der Waals surface area contributed by atoms with E-state index < -0.39 is 0 Å². The first-order chi connectivity index (χ1) is 11.5. The topological polar surface area (TPSA) is 82.1 Å². The van der Waals surface area contributed by atoms with E-state index in [0.29, 0.717) is 37.5 Å². The molecular weight excluding hydrogens is 308 g/mol. The molecule has 1 N–H and O–H groups in total. The standard InChI is InChI=1S/C17H22N4O3/c1-13-3-5-15(6-4-13)17(24)19-18-14(2)11-16(23)21-9-7-20(12-22)8-10-21/h3-6,12H,7-11H2,1-2H3,(H,19,24)/b18-14-. The lowest BCUT2D eigenvalue weighted by Gasteiger charge is -2.32. The largest absolute Gasteiger partial charge is 0.342 e. The van der Waals surface area contributed by atoms with Crippen LogP contribution in [0, 0.1) is 6.92 Å². The van der Waals surface area contributed by atoms with Crippen LogP contribution in [0.1, 0.15) is 29.3 Å². The number of piperazine rings is 1. The zero-order chi connectivity index (χ0) is 17.5. The predicted molar refractivity (Wildman–Crippen MR) is 90.6 cm³/mol. The van der Waals surface area contributed by atoms with E-state index in [0.717, 1.165) is 12.0 Å². The molecule has 0 aliphatic carbocycles. The molecule has 1 aromatic rings. The first kappa shape index (κ1) is 17.7. The molecule has 0 unspecified atom stereocenters. The van der Waals surface area contributed by atoms with Gasteiger partial charge < -0.3 is 9.80 Å². The molecule has 2 rings (SSSR count). The van der Waals surface area contributed by atoms with E-state index in [9.17, 15) is 14.4 Å². The van der Waals surface area contributed by atoms with Crippen molar-refractivity contribution in [2.75, 3.05) is 26.2 Å². The maximum atomic E-state index is 12.2. The summed E-state index contributed by atoms with van der Waals surface area (Å²) in [6.07, 6.45) is 0.949. The van der Waals surface area contributed by atoms with Crippen LogP contribution >= 0.6 is 0 Å². The van der Waals surface area contributed by atoms with E-state index >= 15 is 0 Å². The Kier molecular flexibility index (Phi) is 6.06. The minimum Gasteiger partial charge on any atom is -0.342 e. The van der Waals surface area contributed by atoms with Gasteiger partial charge in [-0.15, -0.1) is 0 Å². The van der Waals surface area contributed by atoms with Crippen molar-refractivity contribution >= 4 is 23.9 Å². The summed E-state index contributed by atoms with van der Waals surface area (Å²) in [5, 5.41) is 3.99. The number of carbonyl (C=O) groups excluding carboxylic acids is 3. The average molecular weight is 330 g/mol. The third kappa shape index (κ3) is 4.91. The molecule has 7 nitrogen and oxygen atoms in total. The number of amides is 3. The summed E-state index contributed by atoms with van der Waals surface area (Å²) >= 11 is 0. The Labute approximate surface area is 141 Å². The van der Waals surface area contributed by atoms with Gasteiger partial charge in [-0.05, 0) is 26.0 Å². The highest BCUT2D eigenvalue weighted by Gasteiger charge is 2.20. The van der Waals surface area contributed by atoms with Crippen molar-refractivity contribution in [1.29, 1.82) is 0 Å². The second kappa shape index (κ2) is 8.24. The van der Waals surface area contributed by atoms with Crippen molar-refractivity contribution in [2.45, 2.75) is 20.3 Å². The van der Waals surface area contributed by atoms with E-state index in [1.54, 1.807) is 28.9 Å². The molecular formula is C17H22N4O3. The van der Waals surface area contributed by atoms with Crippen LogP contribution in [0.2, 0.25) is 0 Å². The molecule has 1 aliphatic rings. The van der Waals surface area contributed by atoms with Gasteiger partial charge in [-0.3, -0.25) is 14.4 Å². The Morgan fingerprint density at radius 2 is 1.79 bits per heavy atom. The molecule has 7 heteroatoms. The summed E-state index contributed by atoms with van der Waals surface area (Å²) < 4.78 is 0. The van der Waals surface area contributed by atoms with Crippen LogP contribution in [0.3, 0.4) is 0 Å². The maximum Gasteiger partial charge on any atom is 0.271 e. The Balaban J connectivity index is 1.83. The van der Waals surface area contributed by atoms with Gasteiger partial charge in [0.1, 0.15) is 0 Å². The molecule has 1 heterocycles. The maximum absolute atomic E-state index is 12.2. The lowest BCUT2D eigenvalue weighted by atomic mass is 10.1. The fourth-order valence-electron chi connectivity index (χ4n) is 2.36. The fourth-order valence-corrected chi connectivity index (χ4v) is 2.36. The number of hydrazone groups is 1. The van der Waals surface area contributed by atoms with Crippen LogP contribution in [0.15, 0.2) is 29.4 Å². The molecule has 1 fully saturated rings. The van der Waals surface area contributed by atoms with Gasteiger partial charge in [-0.2, -0.15) is 5.10 Å². The third-order valence-electron chi connectivity index (χ3n) is 3.89. The average Bonchev–Trinajstić information content (AvgIpc) is 2.60. The monoisotopic (exact) mass is 330 g/mol. The summed E-state index contributed by atoms with van der Waals surface area (Å²) in [5.41, 5.74) is 4.60. The molecule has 1 saturated heterocycles. The summed E-state index contributed by atoms with van der Waals surface area (Å²) in [4.78, 5) is 38.2. The summed E-state index contributed by atoms with van der Waals surface area (Å²) in [6.45, 7) is 5.81. The number of hydrogen-bond acceptors (Lipinski definition) is 4. The molecule has 3 amide bonds. The highest BCUT2D eigenvalue weighted by molar-refractivity contribution is 6.01. The van der Waals surface area contributed by atoms with Crippen molar-refractivity contribution in [3.8, 4) is 0 Å². The van der Waals surface area contributed by atoms with Crippen molar-refractivity contribution < 1.29 is 14.4 Å². The molecule has 0 saturated carbocycles. The quantitative estimate of drug-likeness (QED) is 0.492. The number of rotatable bonds is 5. The van der Waals surface area contributed by atoms with Crippen LogP contribution in [0.25, 0.3) is 0 Å². The van der Waals surface area contributed by atoms with Crippen LogP contribution < -0.4 is 5.43 Å². The summed E-state index contributed by atoms with van der Waals surface area (Å²) in [5.74, 6) is -0.354. The van der Waals surface area contributed by atoms with Crippen LogP contribution in [-0.4, -0.2) is 59.9 Å². The molecule has 128 valence electrons. The minimum absolute atomic E-state index is 0.0496. The van der Waals surface area contributed by atoms with Crippen molar-refractivity contribution in [1.82, 2.24) is 15.2 Å². The van der Waals surface area contributed by atoms with Crippen molar-refractivity contribution in [3.63, 3.8) is 0 Å². The second-order valence-electron chi connectivity index (χ2n) is 5.85. The first-order valence-electron chi connectivity index (χ1n) is 7.87. The third-order valence-corrected chi connectivity index (χ3v) is 3.89. The smallest absolute Gasteiger partial charge is 0.271 e. The lowest BCUT2D eigenvalue weighted by Crippen LogP contribution is -2.48. The van der Waals surface area contributed by atoms with Crippen LogP contribution in [0.5, 0.6) is 0 Å². The lowest BCUT2D eigenvalue weighted by molar-refractivity contribution is -0.134. The van der Waals surface area contributed by atoms with Crippen molar-refractivity contribution in [3.05, 3.63) is 35.4 Å². The summed E-state index contributed by atoms with van der Waals surface area (Å²) in [7, 11) is 0. The van der Waals surface area contributed by atoms with Gasteiger partial charge in [0.25, 0.3) is 5.91 Å². The van der Waals surface area contributed by atoms with Gasteiger partial charge in [0, 0.05) is 37.5 Å². The fraction of sp³-hybridized carbons (Fsp3) is 0.412. The molecule has 0 spiro atoms. The second-order valence-corrected chi connectivity index (χ2v) is 5.85. The number of carbonyl (C=O) groups is 3. The molecule has 0 aromatic heterocycles. The zero-order valence-corrected chi connectivity index (χ0v) is 14.0. The number of nitrogens with one attached hydrogen (secondary N) is 1. The Bertz CT molecular complexity index is 632. The van der Waals surface area contributed by atoms with E-state index in [-0.39, 0.29) is 18.2 Å². The van der Waals surface area contributed by atoms with Gasteiger partial charge in [0.2, 0.25) is 12.3 Å². The highest BCUT2D eigenvalue weighted by atomic mass is 16.2. The highest BCUT2D eigenvalue weighted by Crippen LogP contribution is 2.04. The molecule has 1 aliphatic heterocycles. The number of benzene rings is 1. The summed E-state index contributed by atoms with van der Waals surface area (Å²) in [6, 6.07) is 7.17. The van der Waals surface area contributed by atoms with Crippen molar-refractivity contribution in [2.24, 2.45) is 5.10 Å². The van der Waals surface area contributed by atoms with Gasteiger partial charge in [0.15, 0.2) is 0 Å². The molecule has 0 atom stereocenters. The molecule has 1 aromatic carbocycles. The van der Waals surface area contributed by atoms with Gasteiger partial charge in [-0.1, -0.05) is 17.7 Å². The Morgan fingerprint density at radius 1 is 1.17 bits per heavy atom. The SMILES string of the molecule is C/C(CC(=O)N1CCN(C=O)CC1)=N/NC(=O)c1ccc(C)cc1.